The second-order valence-corrected chi connectivity index (χ2v) is 10.1. The lowest BCUT2D eigenvalue weighted by Gasteiger charge is -2.19. The Bertz CT molecular complexity index is 1260. The van der Waals surface area contributed by atoms with E-state index in [0.29, 0.717) is 18.1 Å². The highest BCUT2D eigenvalue weighted by Crippen LogP contribution is 2.45. The van der Waals surface area contributed by atoms with E-state index in [2.05, 4.69) is 4.72 Å². The number of ether oxygens (including phenoxy) is 2. The summed E-state index contributed by atoms with van der Waals surface area (Å²) >= 11 is 1.49. The molecule has 0 saturated carbocycles. The van der Waals surface area contributed by atoms with Gasteiger partial charge in [0.1, 0.15) is 23.9 Å². The van der Waals surface area contributed by atoms with Gasteiger partial charge >= 0.3 is 6.16 Å². The molecule has 1 aliphatic rings. The van der Waals surface area contributed by atoms with Crippen LogP contribution in [-0.4, -0.2) is 32.0 Å². The van der Waals surface area contributed by atoms with Gasteiger partial charge in [0.25, 0.3) is 0 Å². The van der Waals surface area contributed by atoms with Gasteiger partial charge in [-0.15, -0.1) is 11.8 Å². The second kappa shape index (κ2) is 9.82. The summed E-state index contributed by atoms with van der Waals surface area (Å²) in [5, 5.41) is 8.73. The van der Waals surface area contributed by atoms with E-state index in [9.17, 15) is 17.6 Å². The average molecular weight is 490 g/mol. The van der Waals surface area contributed by atoms with Crippen molar-refractivity contribution < 1.29 is 32.2 Å². The number of fused-ring (bicyclic) bond motifs is 2. The zero-order valence-corrected chi connectivity index (χ0v) is 18.9. The highest BCUT2D eigenvalue weighted by Gasteiger charge is 2.26. The molecule has 3 aromatic carbocycles. The first-order valence-electron chi connectivity index (χ1n) is 9.95. The number of rotatable bonds is 7. The van der Waals surface area contributed by atoms with Crippen molar-refractivity contribution in [2.75, 3.05) is 12.3 Å². The summed E-state index contributed by atoms with van der Waals surface area (Å²) in [5.41, 5.74) is 2.72. The van der Waals surface area contributed by atoms with Crippen LogP contribution in [0.25, 0.3) is 0 Å². The van der Waals surface area contributed by atoms with E-state index in [-0.39, 0.29) is 22.4 Å². The van der Waals surface area contributed by atoms with Gasteiger partial charge in [-0.1, -0.05) is 24.3 Å². The predicted molar refractivity (Wildman–Crippen MR) is 122 cm³/mol. The fourth-order valence-corrected chi connectivity index (χ4v) is 5.89. The lowest BCUT2D eigenvalue weighted by molar-refractivity contribution is 0.144. The van der Waals surface area contributed by atoms with Gasteiger partial charge < -0.3 is 14.6 Å². The van der Waals surface area contributed by atoms with Gasteiger partial charge in [0.05, 0.1) is 10.1 Å². The van der Waals surface area contributed by atoms with Crippen LogP contribution in [0, 0.1) is 5.82 Å². The van der Waals surface area contributed by atoms with Gasteiger partial charge in [-0.05, 0) is 53.6 Å². The van der Waals surface area contributed by atoms with Crippen molar-refractivity contribution in [3.8, 4) is 11.5 Å². The summed E-state index contributed by atoms with van der Waals surface area (Å²) in [6.45, 7) is 0.501. The minimum Gasteiger partial charge on any atom is -0.489 e. The molecule has 4 rings (SSSR count). The molecule has 1 aliphatic heterocycles. The van der Waals surface area contributed by atoms with E-state index in [4.69, 9.17) is 14.6 Å². The molecular weight excluding hydrogens is 469 g/mol. The highest BCUT2D eigenvalue weighted by molar-refractivity contribution is 7.99. The van der Waals surface area contributed by atoms with Crippen LogP contribution in [0.4, 0.5) is 9.18 Å². The van der Waals surface area contributed by atoms with Crippen molar-refractivity contribution in [1.29, 1.82) is 0 Å². The molecule has 0 aromatic heterocycles. The molecule has 0 bridgehead atoms. The first kappa shape index (κ1) is 23.1. The van der Waals surface area contributed by atoms with Gasteiger partial charge in [-0.2, -0.15) is 0 Å². The van der Waals surface area contributed by atoms with Crippen molar-refractivity contribution in [1.82, 2.24) is 4.72 Å². The van der Waals surface area contributed by atoms with Crippen molar-refractivity contribution in [3.05, 3.63) is 89.2 Å². The highest BCUT2D eigenvalue weighted by atomic mass is 32.2. The number of halogens is 1. The Morgan fingerprint density at radius 1 is 1.12 bits per heavy atom. The minimum atomic E-state index is -3.77. The Labute approximate surface area is 194 Å². The van der Waals surface area contributed by atoms with E-state index in [0.717, 1.165) is 28.8 Å². The number of thioether (sulfide) groups is 1. The van der Waals surface area contributed by atoms with Crippen LogP contribution in [0.3, 0.4) is 0 Å². The molecule has 172 valence electrons. The van der Waals surface area contributed by atoms with Crippen LogP contribution in [0.1, 0.15) is 21.9 Å². The van der Waals surface area contributed by atoms with Crippen molar-refractivity contribution in [2.24, 2.45) is 0 Å². The molecule has 2 N–H and O–H groups in total. The van der Waals surface area contributed by atoms with E-state index in [1.54, 1.807) is 12.1 Å². The van der Waals surface area contributed by atoms with Crippen LogP contribution in [0.5, 0.6) is 11.5 Å². The molecule has 0 radical (unpaired) electrons. The average Bonchev–Trinajstić information content (AvgIpc) is 2.93. The zero-order valence-electron chi connectivity index (χ0n) is 17.2. The summed E-state index contributed by atoms with van der Waals surface area (Å²) in [7, 11) is -3.77. The van der Waals surface area contributed by atoms with Gasteiger partial charge in [-0.25, -0.2) is 22.3 Å². The fourth-order valence-electron chi connectivity index (χ4n) is 3.50. The summed E-state index contributed by atoms with van der Waals surface area (Å²) in [4.78, 5) is 11.0. The van der Waals surface area contributed by atoms with E-state index in [1.165, 1.54) is 30.0 Å². The number of hydrogen-bond acceptors (Lipinski definition) is 6. The number of nitrogens with one attached hydrogen (secondary N) is 1. The number of carboxylic acid groups (broad SMARTS) is 1. The standard InChI is InChI=1S/C23H20FNO6S2/c24-16-5-8-18(9-6-16)33(28,29)25-11-12-32-22-19-4-2-1-3-15(19)14-30-21-10-7-17(13-20(21)22)31-23(26)27/h1-10,13,22,25H,11-12,14H2,(H,26,27). The van der Waals surface area contributed by atoms with Gasteiger partial charge in [0, 0.05) is 17.9 Å². The molecule has 0 spiro atoms. The largest absolute Gasteiger partial charge is 0.511 e. The summed E-state index contributed by atoms with van der Waals surface area (Å²) in [6.07, 6.45) is -1.41. The number of carbonyl (C=O) groups is 1. The fraction of sp³-hybridized carbons (Fsp3) is 0.174. The smallest absolute Gasteiger partial charge is 0.489 e. The Hall–Kier alpha value is -3.08. The van der Waals surface area contributed by atoms with E-state index in [1.807, 2.05) is 24.3 Å². The third-order valence-electron chi connectivity index (χ3n) is 4.99. The molecule has 33 heavy (non-hydrogen) atoms. The van der Waals surface area contributed by atoms with E-state index < -0.39 is 22.0 Å². The van der Waals surface area contributed by atoms with E-state index >= 15 is 0 Å². The molecular formula is C23H20FNO6S2. The molecule has 1 heterocycles. The monoisotopic (exact) mass is 489 g/mol. The maximum atomic E-state index is 13.1. The Morgan fingerprint density at radius 2 is 1.88 bits per heavy atom. The quantitative estimate of drug-likeness (QED) is 0.285. The van der Waals surface area contributed by atoms with Crippen LogP contribution in [0.15, 0.2) is 71.6 Å². The normalized spacial score (nSPS) is 15.0. The number of sulfonamides is 1. The lowest BCUT2D eigenvalue weighted by atomic mass is 10.00. The van der Waals surface area contributed by atoms with Crippen molar-refractivity contribution in [2.45, 2.75) is 16.8 Å². The number of hydrogen-bond donors (Lipinski definition) is 2. The molecule has 10 heteroatoms. The molecule has 0 saturated heterocycles. The molecule has 7 nitrogen and oxygen atoms in total. The summed E-state index contributed by atoms with van der Waals surface area (Å²) in [6, 6.07) is 17.2. The molecule has 0 aliphatic carbocycles. The second-order valence-electron chi connectivity index (χ2n) is 7.16. The minimum absolute atomic E-state index is 0.0112. The maximum absolute atomic E-state index is 13.1. The summed E-state index contributed by atoms with van der Waals surface area (Å²) in [5.74, 6) is 0.687. The Balaban J connectivity index is 1.54. The first-order valence-corrected chi connectivity index (χ1v) is 12.5. The molecule has 0 fully saturated rings. The summed E-state index contributed by atoms with van der Waals surface area (Å²) < 4.78 is 51.3. The maximum Gasteiger partial charge on any atom is 0.511 e. The number of benzene rings is 3. The Morgan fingerprint density at radius 3 is 2.64 bits per heavy atom. The Kier molecular flexibility index (Phi) is 6.87. The van der Waals surface area contributed by atoms with Gasteiger partial charge in [-0.3, -0.25) is 0 Å². The molecule has 1 atom stereocenters. The van der Waals surface area contributed by atoms with Gasteiger partial charge in [0.2, 0.25) is 10.0 Å². The predicted octanol–water partition coefficient (Wildman–Crippen LogP) is 4.58. The van der Waals surface area contributed by atoms with Crippen molar-refractivity contribution in [3.63, 3.8) is 0 Å². The molecule has 1 unspecified atom stereocenters. The molecule has 3 aromatic rings. The van der Waals surface area contributed by atoms with Crippen LogP contribution in [0.2, 0.25) is 0 Å². The van der Waals surface area contributed by atoms with Gasteiger partial charge in [0.15, 0.2) is 0 Å². The van der Waals surface area contributed by atoms with Crippen LogP contribution < -0.4 is 14.2 Å². The zero-order chi connectivity index (χ0) is 23.4. The third kappa shape index (κ3) is 5.47. The third-order valence-corrected chi connectivity index (χ3v) is 7.75. The van der Waals surface area contributed by atoms with Crippen molar-refractivity contribution >= 4 is 27.9 Å². The van der Waals surface area contributed by atoms with Crippen LogP contribution >= 0.6 is 11.8 Å². The lowest BCUT2D eigenvalue weighted by Crippen LogP contribution is -2.26. The topological polar surface area (TPSA) is 102 Å². The first-order chi connectivity index (χ1) is 15.8. The van der Waals surface area contributed by atoms with Crippen LogP contribution in [-0.2, 0) is 16.6 Å². The molecule has 0 amide bonds. The SMILES string of the molecule is O=C(O)Oc1ccc2c(c1)C(SCCNS(=O)(=O)c1ccc(F)cc1)c1ccccc1CO2.